The molecule has 6 nitrogen and oxygen atoms in total. The van der Waals surface area contributed by atoms with Gasteiger partial charge < -0.3 is 10.0 Å². The monoisotopic (exact) mass is 585 g/mol. The summed E-state index contributed by atoms with van der Waals surface area (Å²) in [4.78, 5) is 33.5. The summed E-state index contributed by atoms with van der Waals surface area (Å²) >= 11 is 3.51. The standard InChI is InChI=1S/C26H24IN3O3S/c1-2-29-24(32)20-14-16-7-3-4-8-17(16)15-21(20)28-26(29)34-23(18-9-5-10-19(27)13-18)25(33)30-12-6-11-22(30)31/h3-5,7-10,13-15,22-23,31H,2,6,11-12H2,1H3/t22-,23-/m0/s1. The molecule has 174 valence electrons. The maximum atomic E-state index is 13.6. The van der Waals surface area contributed by atoms with Crippen LogP contribution in [0.2, 0.25) is 0 Å². The Morgan fingerprint density at radius 2 is 1.94 bits per heavy atom. The van der Waals surface area contributed by atoms with Gasteiger partial charge in [0.15, 0.2) is 5.16 Å². The molecule has 0 aliphatic carbocycles. The van der Waals surface area contributed by atoms with E-state index in [0.29, 0.717) is 35.6 Å². The first kappa shape index (κ1) is 23.3. The number of aliphatic hydroxyl groups excluding tert-OH is 1. The molecule has 3 aromatic carbocycles. The number of carbonyl (C=O) groups excluding carboxylic acids is 1. The van der Waals surface area contributed by atoms with Crippen LogP contribution in [0.4, 0.5) is 0 Å². The van der Waals surface area contributed by atoms with Gasteiger partial charge >= 0.3 is 0 Å². The van der Waals surface area contributed by atoms with Crippen LogP contribution in [0.1, 0.15) is 30.6 Å². The Kier molecular flexibility index (Phi) is 6.63. The van der Waals surface area contributed by atoms with Crippen molar-refractivity contribution in [3.8, 4) is 0 Å². The number of fused-ring (bicyclic) bond motifs is 2. The molecule has 1 N–H and O–H groups in total. The van der Waals surface area contributed by atoms with E-state index in [1.165, 1.54) is 11.8 Å². The highest BCUT2D eigenvalue weighted by atomic mass is 127. The molecule has 34 heavy (non-hydrogen) atoms. The molecule has 4 aromatic rings. The molecule has 0 bridgehead atoms. The van der Waals surface area contributed by atoms with Gasteiger partial charge in [-0.05, 0) is 83.0 Å². The number of hydrogen-bond donors (Lipinski definition) is 1. The number of rotatable bonds is 5. The number of amides is 1. The number of hydrogen-bond acceptors (Lipinski definition) is 5. The van der Waals surface area contributed by atoms with Crippen molar-refractivity contribution >= 4 is 61.9 Å². The van der Waals surface area contributed by atoms with E-state index in [0.717, 1.165) is 26.3 Å². The third kappa shape index (κ3) is 4.34. The van der Waals surface area contributed by atoms with Crippen LogP contribution in [0.5, 0.6) is 0 Å². The lowest BCUT2D eigenvalue weighted by Crippen LogP contribution is -2.38. The molecule has 1 fully saturated rings. The molecule has 8 heteroatoms. The molecule has 1 aliphatic heterocycles. The number of aliphatic hydroxyl groups is 1. The fraction of sp³-hybridized carbons (Fsp3) is 0.269. The van der Waals surface area contributed by atoms with E-state index in [4.69, 9.17) is 4.98 Å². The average molecular weight is 585 g/mol. The van der Waals surface area contributed by atoms with E-state index < -0.39 is 11.5 Å². The molecule has 2 atom stereocenters. The van der Waals surface area contributed by atoms with Gasteiger partial charge in [-0.15, -0.1) is 0 Å². The lowest BCUT2D eigenvalue weighted by atomic mass is 10.1. The number of aromatic nitrogens is 2. The number of benzene rings is 3. The molecule has 0 saturated carbocycles. The minimum Gasteiger partial charge on any atom is -0.374 e. The Balaban J connectivity index is 1.64. The summed E-state index contributed by atoms with van der Waals surface area (Å²) in [6, 6.07) is 19.5. The van der Waals surface area contributed by atoms with Gasteiger partial charge in [0.05, 0.1) is 10.9 Å². The van der Waals surface area contributed by atoms with Crippen LogP contribution >= 0.6 is 34.4 Å². The largest absolute Gasteiger partial charge is 0.374 e. The molecule has 1 aromatic heterocycles. The summed E-state index contributed by atoms with van der Waals surface area (Å²) in [5.41, 5.74) is 1.33. The zero-order valence-electron chi connectivity index (χ0n) is 18.6. The highest BCUT2D eigenvalue weighted by Crippen LogP contribution is 2.38. The number of likely N-dealkylation sites (tertiary alicyclic amines) is 1. The molecule has 1 saturated heterocycles. The maximum Gasteiger partial charge on any atom is 0.262 e. The van der Waals surface area contributed by atoms with Crippen LogP contribution in [0, 0.1) is 3.57 Å². The second-order valence-electron chi connectivity index (χ2n) is 8.37. The van der Waals surface area contributed by atoms with Gasteiger partial charge in [-0.25, -0.2) is 4.98 Å². The third-order valence-corrected chi connectivity index (χ3v) is 8.11. The van der Waals surface area contributed by atoms with E-state index in [1.807, 2.05) is 67.6 Å². The van der Waals surface area contributed by atoms with Gasteiger partial charge in [-0.3, -0.25) is 14.2 Å². The highest BCUT2D eigenvalue weighted by molar-refractivity contribution is 14.1. The summed E-state index contributed by atoms with van der Waals surface area (Å²) in [5, 5.41) is 12.8. The molecule has 0 spiro atoms. The van der Waals surface area contributed by atoms with Crippen molar-refractivity contribution in [2.24, 2.45) is 0 Å². The average Bonchev–Trinajstić information content (AvgIpc) is 3.27. The van der Waals surface area contributed by atoms with Crippen LogP contribution in [0.15, 0.2) is 70.6 Å². The topological polar surface area (TPSA) is 75.4 Å². The summed E-state index contributed by atoms with van der Waals surface area (Å²) in [7, 11) is 0. The fourth-order valence-electron chi connectivity index (χ4n) is 4.45. The van der Waals surface area contributed by atoms with E-state index in [9.17, 15) is 14.7 Å². The lowest BCUT2D eigenvalue weighted by Gasteiger charge is -2.26. The highest BCUT2D eigenvalue weighted by Gasteiger charge is 2.34. The zero-order valence-corrected chi connectivity index (χ0v) is 21.6. The Hall–Kier alpha value is -2.43. The summed E-state index contributed by atoms with van der Waals surface area (Å²) in [5.74, 6) is -0.160. The van der Waals surface area contributed by atoms with Gasteiger partial charge in [-0.2, -0.15) is 0 Å². The van der Waals surface area contributed by atoms with Crippen molar-refractivity contribution in [2.45, 2.75) is 42.9 Å². The Labute approximate surface area is 215 Å². The van der Waals surface area contributed by atoms with Gasteiger partial charge in [0.1, 0.15) is 11.5 Å². The van der Waals surface area contributed by atoms with Crippen molar-refractivity contribution in [3.05, 3.63) is 80.2 Å². The van der Waals surface area contributed by atoms with E-state index >= 15 is 0 Å². The third-order valence-electron chi connectivity index (χ3n) is 6.21. The second-order valence-corrected chi connectivity index (χ2v) is 10.7. The molecular formula is C26H24IN3O3S. The van der Waals surface area contributed by atoms with Crippen LogP contribution in [-0.4, -0.2) is 38.2 Å². The predicted octanol–water partition coefficient (Wildman–Crippen LogP) is 4.95. The van der Waals surface area contributed by atoms with E-state index in [-0.39, 0.29) is 11.5 Å². The van der Waals surface area contributed by atoms with Gasteiger partial charge in [0.2, 0.25) is 5.91 Å². The van der Waals surface area contributed by atoms with Crippen molar-refractivity contribution in [3.63, 3.8) is 0 Å². The predicted molar refractivity (Wildman–Crippen MR) is 144 cm³/mol. The quantitative estimate of drug-likeness (QED) is 0.155. The fourth-order valence-corrected chi connectivity index (χ4v) is 6.24. The van der Waals surface area contributed by atoms with Gasteiger partial charge in [0.25, 0.3) is 5.56 Å². The zero-order chi connectivity index (χ0) is 23.8. The van der Waals surface area contributed by atoms with Crippen LogP contribution < -0.4 is 5.56 Å². The lowest BCUT2D eigenvalue weighted by molar-refractivity contribution is -0.137. The molecule has 1 aliphatic rings. The van der Waals surface area contributed by atoms with Crippen molar-refractivity contribution in [1.82, 2.24) is 14.5 Å². The number of halogens is 1. The number of thioether (sulfide) groups is 1. The van der Waals surface area contributed by atoms with E-state index in [2.05, 4.69) is 22.6 Å². The Morgan fingerprint density at radius 1 is 1.18 bits per heavy atom. The molecule has 2 heterocycles. The van der Waals surface area contributed by atoms with Gasteiger partial charge in [-0.1, -0.05) is 48.2 Å². The summed E-state index contributed by atoms with van der Waals surface area (Å²) in [6.45, 7) is 2.88. The first-order valence-electron chi connectivity index (χ1n) is 11.3. The second kappa shape index (κ2) is 9.67. The molecule has 0 unspecified atom stereocenters. The molecule has 0 radical (unpaired) electrons. The SMILES string of the molecule is CCn1c(S[C@H](C(=O)N2CCC[C@@H]2O)c2cccc(I)c2)nc2cc3ccccc3cc2c1=O. The van der Waals surface area contributed by atoms with E-state index in [1.54, 1.807) is 9.47 Å². The van der Waals surface area contributed by atoms with Crippen LogP contribution in [0.3, 0.4) is 0 Å². The van der Waals surface area contributed by atoms with Crippen LogP contribution in [-0.2, 0) is 11.3 Å². The minimum atomic E-state index is -0.775. The number of carbonyl (C=O) groups is 1. The molecule has 5 rings (SSSR count). The normalized spacial score (nSPS) is 16.9. The van der Waals surface area contributed by atoms with Crippen molar-refractivity contribution in [2.75, 3.05) is 6.54 Å². The smallest absolute Gasteiger partial charge is 0.262 e. The van der Waals surface area contributed by atoms with Crippen molar-refractivity contribution < 1.29 is 9.90 Å². The number of nitrogens with zero attached hydrogens (tertiary/aromatic N) is 3. The van der Waals surface area contributed by atoms with Crippen molar-refractivity contribution in [1.29, 1.82) is 0 Å². The molecular weight excluding hydrogens is 561 g/mol. The van der Waals surface area contributed by atoms with Crippen LogP contribution in [0.25, 0.3) is 21.7 Å². The Morgan fingerprint density at radius 3 is 2.62 bits per heavy atom. The Bertz CT molecular complexity index is 1450. The summed E-state index contributed by atoms with van der Waals surface area (Å²) in [6.07, 6.45) is 0.580. The minimum absolute atomic E-state index is 0.115. The maximum absolute atomic E-state index is 13.6. The molecule has 1 amide bonds. The first-order chi connectivity index (χ1) is 16.5. The first-order valence-corrected chi connectivity index (χ1v) is 13.3. The summed E-state index contributed by atoms with van der Waals surface area (Å²) < 4.78 is 2.65. The van der Waals surface area contributed by atoms with Gasteiger partial charge in [0, 0.05) is 16.7 Å².